The van der Waals surface area contributed by atoms with Crippen LogP contribution >= 0.6 is 11.6 Å². The van der Waals surface area contributed by atoms with Crippen molar-refractivity contribution >= 4 is 28.8 Å². The number of fused-ring (bicyclic) bond motifs is 1. The summed E-state index contributed by atoms with van der Waals surface area (Å²) >= 11 is 5.84. The number of aromatic nitrogens is 2. The monoisotopic (exact) mass is 383 g/mol. The van der Waals surface area contributed by atoms with Gasteiger partial charge in [0.15, 0.2) is 0 Å². The Hall–Kier alpha value is -3.25. The molecule has 0 aliphatic rings. The number of hydrogen-bond donors (Lipinski definition) is 1. The van der Waals surface area contributed by atoms with E-state index in [0.717, 1.165) is 11.1 Å². The van der Waals surface area contributed by atoms with Crippen LogP contribution < -0.4 is 5.32 Å². The summed E-state index contributed by atoms with van der Waals surface area (Å²) in [6, 6.07) is 13.6. The predicted octanol–water partition coefficient (Wildman–Crippen LogP) is 5.19. The maximum atomic E-state index is 13.3. The lowest BCUT2D eigenvalue weighted by molar-refractivity contribution is 0.102. The van der Waals surface area contributed by atoms with Crippen molar-refractivity contribution in [3.05, 3.63) is 89.3 Å². The van der Waals surface area contributed by atoms with Gasteiger partial charge >= 0.3 is 0 Å². The molecule has 4 nitrogen and oxygen atoms in total. The third-order valence-corrected chi connectivity index (χ3v) is 4.31. The van der Waals surface area contributed by atoms with Crippen LogP contribution in [0.3, 0.4) is 0 Å². The molecule has 0 bridgehead atoms. The fourth-order valence-electron chi connectivity index (χ4n) is 2.71. The summed E-state index contributed by atoms with van der Waals surface area (Å²) in [5.74, 6) is -1.37. The van der Waals surface area contributed by atoms with Gasteiger partial charge < -0.3 is 9.72 Å². The van der Waals surface area contributed by atoms with E-state index in [4.69, 9.17) is 11.6 Å². The third kappa shape index (κ3) is 3.52. The average Bonchev–Trinajstić information content (AvgIpc) is 3.07. The number of pyridine rings is 1. The molecule has 0 fully saturated rings. The highest BCUT2D eigenvalue weighted by atomic mass is 35.5. The minimum Gasteiger partial charge on any atom is -0.321 e. The molecule has 134 valence electrons. The van der Waals surface area contributed by atoms with Crippen LogP contribution in [0.15, 0.2) is 67.0 Å². The zero-order valence-corrected chi connectivity index (χ0v) is 14.5. The molecule has 0 spiro atoms. The second-order valence-corrected chi connectivity index (χ2v) is 6.31. The average molecular weight is 384 g/mol. The Morgan fingerprint density at radius 2 is 1.81 bits per heavy atom. The van der Waals surface area contributed by atoms with Crippen molar-refractivity contribution in [2.45, 2.75) is 0 Å². The van der Waals surface area contributed by atoms with Gasteiger partial charge in [0.25, 0.3) is 5.91 Å². The molecule has 0 saturated carbocycles. The van der Waals surface area contributed by atoms with Gasteiger partial charge in [-0.05, 0) is 53.6 Å². The van der Waals surface area contributed by atoms with E-state index >= 15 is 0 Å². The van der Waals surface area contributed by atoms with Crippen LogP contribution in [-0.2, 0) is 0 Å². The van der Waals surface area contributed by atoms with Crippen molar-refractivity contribution < 1.29 is 13.6 Å². The Morgan fingerprint density at radius 3 is 2.59 bits per heavy atom. The molecule has 0 saturated heterocycles. The number of carbonyl (C=O) groups excluding carboxylic acids is 1. The maximum Gasteiger partial charge on any atom is 0.275 e. The SMILES string of the molecule is O=C(Nc1cccc(F)c1)c1cn2cc(-c3ccc(F)c(Cl)c3)ccc2n1. The lowest BCUT2D eigenvalue weighted by Gasteiger charge is -2.04. The van der Waals surface area contributed by atoms with Crippen LogP contribution in [0.2, 0.25) is 5.02 Å². The smallest absolute Gasteiger partial charge is 0.275 e. The van der Waals surface area contributed by atoms with Crippen LogP contribution in [0.25, 0.3) is 16.8 Å². The first kappa shape index (κ1) is 17.2. The number of amides is 1. The highest BCUT2D eigenvalue weighted by Gasteiger charge is 2.12. The fourth-order valence-corrected chi connectivity index (χ4v) is 2.89. The number of carbonyl (C=O) groups is 1. The molecule has 0 radical (unpaired) electrons. The molecule has 0 aliphatic carbocycles. The summed E-state index contributed by atoms with van der Waals surface area (Å²) < 4.78 is 28.3. The van der Waals surface area contributed by atoms with E-state index in [0.29, 0.717) is 11.3 Å². The number of halogens is 3. The van der Waals surface area contributed by atoms with Crippen LogP contribution in [0, 0.1) is 11.6 Å². The summed E-state index contributed by atoms with van der Waals surface area (Å²) in [6.07, 6.45) is 3.34. The van der Waals surface area contributed by atoms with Gasteiger partial charge in [-0.3, -0.25) is 4.79 Å². The highest BCUT2D eigenvalue weighted by Crippen LogP contribution is 2.25. The molecule has 4 aromatic rings. The Kier molecular flexibility index (Phi) is 4.33. The number of imidazole rings is 1. The second-order valence-electron chi connectivity index (χ2n) is 5.90. The Balaban J connectivity index is 1.64. The topological polar surface area (TPSA) is 46.4 Å². The number of benzene rings is 2. The number of nitrogens with zero attached hydrogens (tertiary/aromatic N) is 2. The van der Waals surface area contributed by atoms with Crippen molar-refractivity contribution in [1.82, 2.24) is 9.38 Å². The first-order chi connectivity index (χ1) is 13.0. The molecule has 2 aromatic carbocycles. The van der Waals surface area contributed by atoms with Crippen molar-refractivity contribution in [2.75, 3.05) is 5.32 Å². The van der Waals surface area contributed by atoms with Gasteiger partial charge in [-0.25, -0.2) is 13.8 Å². The molecule has 0 unspecified atom stereocenters. The van der Waals surface area contributed by atoms with Crippen LogP contribution in [-0.4, -0.2) is 15.3 Å². The zero-order chi connectivity index (χ0) is 19.0. The number of anilines is 1. The molecule has 4 rings (SSSR count). The van der Waals surface area contributed by atoms with Gasteiger partial charge in [0.1, 0.15) is 23.0 Å². The molecule has 2 aromatic heterocycles. The zero-order valence-electron chi connectivity index (χ0n) is 13.8. The van der Waals surface area contributed by atoms with Gasteiger partial charge in [-0.1, -0.05) is 23.7 Å². The summed E-state index contributed by atoms with van der Waals surface area (Å²) in [4.78, 5) is 16.6. The third-order valence-electron chi connectivity index (χ3n) is 4.02. The first-order valence-electron chi connectivity index (χ1n) is 8.01. The van der Waals surface area contributed by atoms with E-state index < -0.39 is 17.5 Å². The molecule has 7 heteroatoms. The van der Waals surface area contributed by atoms with Crippen molar-refractivity contribution in [2.24, 2.45) is 0 Å². The van der Waals surface area contributed by atoms with Crippen LogP contribution in [0.4, 0.5) is 14.5 Å². The Morgan fingerprint density at radius 1 is 1.00 bits per heavy atom. The summed E-state index contributed by atoms with van der Waals surface area (Å²) in [5, 5.41) is 2.64. The molecule has 27 heavy (non-hydrogen) atoms. The van der Waals surface area contributed by atoms with Gasteiger partial charge in [0.05, 0.1) is 5.02 Å². The molecule has 1 N–H and O–H groups in total. The quantitative estimate of drug-likeness (QED) is 0.529. The molecule has 0 aliphatic heterocycles. The summed E-state index contributed by atoms with van der Waals surface area (Å²) in [6.45, 7) is 0. The van der Waals surface area contributed by atoms with E-state index in [-0.39, 0.29) is 10.7 Å². The second kappa shape index (κ2) is 6.81. The van der Waals surface area contributed by atoms with E-state index in [2.05, 4.69) is 10.3 Å². The van der Waals surface area contributed by atoms with Crippen molar-refractivity contribution in [1.29, 1.82) is 0 Å². The minimum absolute atomic E-state index is 0.0355. The Bertz CT molecular complexity index is 1170. The van der Waals surface area contributed by atoms with E-state index in [1.165, 1.54) is 30.3 Å². The lowest BCUT2D eigenvalue weighted by Crippen LogP contribution is -2.12. The summed E-state index contributed by atoms with van der Waals surface area (Å²) in [7, 11) is 0. The normalized spacial score (nSPS) is 10.9. The molecular formula is C20H12ClF2N3O. The molecule has 0 atom stereocenters. The Labute approximate surface area is 158 Å². The minimum atomic E-state index is -0.486. The number of nitrogens with one attached hydrogen (secondary N) is 1. The molecular weight excluding hydrogens is 372 g/mol. The fraction of sp³-hybridized carbons (Fsp3) is 0. The number of hydrogen-bond acceptors (Lipinski definition) is 2. The first-order valence-corrected chi connectivity index (χ1v) is 8.38. The van der Waals surface area contributed by atoms with Gasteiger partial charge in [-0.15, -0.1) is 0 Å². The van der Waals surface area contributed by atoms with Crippen LogP contribution in [0.1, 0.15) is 10.5 Å². The maximum absolute atomic E-state index is 13.3. The van der Waals surface area contributed by atoms with Crippen molar-refractivity contribution in [3.63, 3.8) is 0 Å². The van der Waals surface area contributed by atoms with Gasteiger partial charge in [0, 0.05) is 18.1 Å². The standard InChI is InChI=1S/C20H12ClF2N3O/c21-16-8-12(4-6-17(16)23)13-5-7-19-25-18(11-26(19)10-13)20(27)24-15-3-1-2-14(22)9-15/h1-11H,(H,24,27). The van der Waals surface area contributed by atoms with Gasteiger partial charge in [0.2, 0.25) is 0 Å². The van der Waals surface area contributed by atoms with Crippen LogP contribution in [0.5, 0.6) is 0 Å². The number of rotatable bonds is 3. The highest BCUT2D eigenvalue weighted by molar-refractivity contribution is 6.31. The van der Waals surface area contributed by atoms with Gasteiger partial charge in [-0.2, -0.15) is 0 Å². The summed E-state index contributed by atoms with van der Waals surface area (Å²) in [5.41, 5.74) is 2.63. The van der Waals surface area contributed by atoms with Crippen molar-refractivity contribution in [3.8, 4) is 11.1 Å². The lowest BCUT2D eigenvalue weighted by atomic mass is 10.1. The molecule has 2 heterocycles. The van der Waals surface area contributed by atoms with E-state index in [1.54, 1.807) is 41.1 Å². The van der Waals surface area contributed by atoms with E-state index in [1.807, 2.05) is 0 Å². The predicted molar refractivity (Wildman–Crippen MR) is 99.9 cm³/mol. The van der Waals surface area contributed by atoms with E-state index in [9.17, 15) is 13.6 Å². The largest absolute Gasteiger partial charge is 0.321 e. The molecule has 1 amide bonds.